The van der Waals surface area contributed by atoms with Crippen molar-refractivity contribution >= 4 is 15.9 Å². The predicted molar refractivity (Wildman–Crippen MR) is 51.9 cm³/mol. The summed E-state index contributed by atoms with van der Waals surface area (Å²) in [6.07, 6.45) is -10.5. The predicted octanol–water partition coefficient (Wildman–Crippen LogP) is 2.94. The topological polar surface area (TPSA) is 71.4 Å². The lowest BCUT2D eigenvalue weighted by Gasteiger charge is -2.37. The third-order valence-corrected chi connectivity index (χ3v) is 3.05. The van der Waals surface area contributed by atoms with Crippen molar-refractivity contribution in [1.29, 1.82) is 0 Å². The number of Topliss-reactive ketones (excluding diaryl/α,β-unsaturated/α-hetero) is 1. The first-order valence-electron chi connectivity index (χ1n) is 5.15. The molecule has 0 aliphatic heterocycles. The van der Waals surface area contributed by atoms with E-state index in [1.165, 1.54) is 0 Å². The Balaban J connectivity index is 5.81. The van der Waals surface area contributed by atoms with Gasteiger partial charge >= 0.3 is 29.9 Å². The maximum atomic E-state index is 13.0. The Morgan fingerprint density at radius 3 is 1.42 bits per heavy atom. The van der Waals surface area contributed by atoms with Gasteiger partial charge in [-0.1, -0.05) is 0 Å². The van der Waals surface area contributed by atoms with Crippen LogP contribution in [-0.4, -0.2) is 54.4 Å². The van der Waals surface area contributed by atoms with Gasteiger partial charge in [-0.3, -0.25) is 9.35 Å². The van der Waals surface area contributed by atoms with Crippen LogP contribution in [0.25, 0.3) is 0 Å². The van der Waals surface area contributed by atoms with Crippen LogP contribution >= 0.6 is 0 Å². The molecule has 0 saturated carbocycles. The van der Waals surface area contributed by atoms with Gasteiger partial charge in [0.2, 0.25) is 0 Å². The van der Waals surface area contributed by atoms with Crippen LogP contribution in [0.3, 0.4) is 0 Å². The van der Waals surface area contributed by atoms with E-state index in [2.05, 4.69) is 0 Å². The van der Waals surface area contributed by atoms with Crippen molar-refractivity contribution < 1.29 is 66.1 Å². The van der Waals surface area contributed by atoms with Gasteiger partial charge in [-0.05, 0) is 0 Å². The summed E-state index contributed by atoms with van der Waals surface area (Å²) in [4.78, 5) is 10.7. The van der Waals surface area contributed by atoms with E-state index in [1.807, 2.05) is 0 Å². The monoisotopic (exact) mass is 406 g/mol. The number of rotatable bonds is 7. The minimum atomic E-state index is -7.68. The lowest BCUT2D eigenvalue weighted by molar-refractivity contribution is -0.421. The number of ketones is 1. The van der Waals surface area contributed by atoms with Gasteiger partial charge in [-0.15, -0.1) is 0 Å². The van der Waals surface area contributed by atoms with Crippen molar-refractivity contribution in [2.75, 3.05) is 5.75 Å². The first-order chi connectivity index (χ1) is 10.1. The number of hydrogen-bond donors (Lipinski definition) is 1. The molecule has 0 unspecified atom stereocenters. The summed E-state index contributed by atoms with van der Waals surface area (Å²) < 4.78 is 166. The molecule has 0 bridgehead atoms. The molecule has 0 heterocycles. The number of hydrogen-bond acceptors (Lipinski definition) is 3. The Morgan fingerprint density at radius 2 is 1.12 bits per heavy atom. The highest BCUT2D eigenvalue weighted by atomic mass is 32.2. The van der Waals surface area contributed by atoms with Crippen LogP contribution in [0.15, 0.2) is 0 Å². The van der Waals surface area contributed by atoms with Gasteiger partial charge in [0.1, 0.15) is 5.75 Å². The van der Waals surface area contributed by atoms with Gasteiger partial charge in [0.05, 0.1) is 6.42 Å². The Morgan fingerprint density at radius 1 is 0.750 bits per heavy atom. The molecule has 0 amide bonds. The molecule has 0 atom stereocenters. The fourth-order valence-electron chi connectivity index (χ4n) is 1.22. The fraction of sp³-hybridized carbons (Fsp3) is 0.875. The molecule has 0 spiro atoms. The Bertz CT molecular complexity index is 592. The molecule has 0 aliphatic rings. The Labute approximate surface area is 125 Å². The SMILES string of the molecule is O=C(CC(F)(F)C(F)(F)C(F)(F)C(F)(F)C(F)(F)F)CS(=O)(=O)O. The summed E-state index contributed by atoms with van der Waals surface area (Å²) >= 11 is 0. The zero-order valence-corrected chi connectivity index (χ0v) is 11.5. The minimum Gasteiger partial charge on any atom is -0.298 e. The highest BCUT2D eigenvalue weighted by Crippen LogP contribution is 2.57. The second-order valence-electron chi connectivity index (χ2n) is 4.37. The average Bonchev–Trinajstić information content (AvgIpc) is 2.22. The van der Waals surface area contributed by atoms with Crippen LogP contribution in [0.2, 0.25) is 0 Å². The van der Waals surface area contributed by atoms with Crippen molar-refractivity contribution in [2.45, 2.75) is 36.3 Å². The first-order valence-corrected chi connectivity index (χ1v) is 6.76. The number of alkyl halides is 11. The van der Waals surface area contributed by atoms with Crippen LogP contribution in [0.1, 0.15) is 6.42 Å². The maximum absolute atomic E-state index is 13.0. The summed E-state index contributed by atoms with van der Waals surface area (Å²) in [7, 11) is -5.37. The Kier molecular flexibility index (Phi) is 5.66. The van der Waals surface area contributed by atoms with Crippen LogP contribution < -0.4 is 0 Å². The van der Waals surface area contributed by atoms with E-state index in [9.17, 15) is 61.5 Å². The first kappa shape index (κ1) is 22.8. The summed E-state index contributed by atoms with van der Waals surface area (Å²) in [6.45, 7) is 0. The Hall–Kier alpha value is -1.19. The van der Waals surface area contributed by atoms with Crippen molar-refractivity contribution in [3.63, 3.8) is 0 Å². The minimum absolute atomic E-state index is 2.28. The van der Waals surface area contributed by atoms with Crippen LogP contribution in [-0.2, 0) is 14.9 Å². The van der Waals surface area contributed by atoms with Crippen molar-refractivity contribution in [2.24, 2.45) is 0 Å². The van der Waals surface area contributed by atoms with E-state index >= 15 is 0 Å². The molecule has 0 aromatic carbocycles. The van der Waals surface area contributed by atoms with Gasteiger partial charge in [0.15, 0.2) is 5.78 Å². The summed E-state index contributed by atoms with van der Waals surface area (Å²) in [5.74, 6) is -34.0. The van der Waals surface area contributed by atoms with E-state index in [0.29, 0.717) is 0 Å². The zero-order valence-electron chi connectivity index (χ0n) is 10.7. The summed E-state index contributed by atoms with van der Waals surface area (Å²) in [5.41, 5.74) is 0. The van der Waals surface area contributed by atoms with Gasteiger partial charge < -0.3 is 0 Å². The van der Waals surface area contributed by atoms with Gasteiger partial charge in [0, 0.05) is 0 Å². The number of carbonyl (C=O) groups is 1. The highest BCUT2D eigenvalue weighted by molar-refractivity contribution is 7.86. The van der Waals surface area contributed by atoms with E-state index in [-0.39, 0.29) is 0 Å². The molecule has 1 N–H and O–H groups in total. The molecule has 0 aromatic heterocycles. The molecule has 0 saturated heterocycles. The number of carbonyl (C=O) groups excluding carboxylic acids is 1. The van der Waals surface area contributed by atoms with Crippen molar-refractivity contribution in [3.8, 4) is 0 Å². The number of halogens is 11. The average molecular weight is 406 g/mol. The summed E-state index contributed by atoms with van der Waals surface area (Å²) in [6, 6.07) is 0. The van der Waals surface area contributed by atoms with Crippen LogP contribution in [0.5, 0.6) is 0 Å². The molecule has 0 aliphatic carbocycles. The molecule has 0 rings (SSSR count). The van der Waals surface area contributed by atoms with Gasteiger partial charge in [-0.25, -0.2) is 0 Å². The second kappa shape index (κ2) is 5.96. The normalized spacial score (nSPS) is 15.5. The molecule has 0 fully saturated rings. The summed E-state index contributed by atoms with van der Waals surface area (Å²) in [5, 5.41) is 0. The molecule has 24 heavy (non-hydrogen) atoms. The second-order valence-corrected chi connectivity index (χ2v) is 5.82. The van der Waals surface area contributed by atoms with Crippen LogP contribution in [0, 0.1) is 0 Å². The lowest BCUT2D eigenvalue weighted by Crippen LogP contribution is -2.66. The third kappa shape index (κ3) is 4.07. The fourth-order valence-corrected chi connectivity index (χ4v) is 1.73. The van der Waals surface area contributed by atoms with Gasteiger partial charge in [-0.2, -0.15) is 56.7 Å². The molecule has 0 aromatic rings. The van der Waals surface area contributed by atoms with Crippen molar-refractivity contribution in [1.82, 2.24) is 0 Å². The quantitative estimate of drug-likeness (QED) is 0.522. The smallest absolute Gasteiger partial charge is 0.298 e. The van der Waals surface area contributed by atoms with E-state index < -0.39 is 57.9 Å². The van der Waals surface area contributed by atoms with Crippen LogP contribution in [0.4, 0.5) is 48.3 Å². The molecule has 144 valence electrons. The molecular weight excluding hydrogens is 401 g/mol. The van der Waals surface area contributed by atoms with E-state index in [4.69, 9.17) is 4.55 Å². The molecule has 16 heteroatoms. The standard InChI is InChI=1S/C8H5F11O4S/c9-4(10,1-3(20)2-24(21,22)23)5(11,12)6(13,14)7(15,16)8(17,18)19/h1-2H2,(H,21,22,23). The van der Waals surface area contributed by atoms with E-state index in [1.54, 1.807) is 0 Å². The molecular formula is C8H5F11O4S. The molecule has 4 nitrogen and oxygen atoms in total. The lowest BCUT2D eigenvalue weighted by atomic mass is 9.95. The highest BCUT2D eigenvalue weighted by Gasteiger charge is 2.87. The van der Waals surface area contributed by atoms with Crippen molar-refractivity contribution in [3.05, 3.63) is 0 Å². The molecule has 0 radical (unpaired) electrons. The third-order valence-electron chi connectivity index (χ3n) is 2.37. The maximum Gasteiger partial charge on any atom is 0.460 e. The van der Waals surface area contributed by atoms with Gasteiger partial charge in [0.25, 0.3) is 10.1 Å². The zero-order chi connectivity index (χ0) is 20.0. The van der Waals surface area contributed by atoms with E-state index in [0.717, 1.165) is 0 Å². The largest absolute Gasteiger partial charge is 0.460 e.